The van der Waals surface area contributed by atoms with Crippen molar-refractivity contribution in [1.29, 1.82) is 0 Å². The molecule has 7 heavy (non-hydrogen) atoms. The summed E-state index contributed by atoms with van der Waals surface area (Å²) in [5.74, 6) is 0. The van der Waals surface area contributed by atoms with Crippen LogP contribution >= 0.6 is 0 Å². The highest BCUT2D eigenvalue weighted by molar-refractivity contribution is 4.99. The molecule has 0 spiro atoms. The molecule has 0 aromatic heterocycles. The van der Waals surface area contributed by atoms with E-state index in [1.165, 1.54) is 5.57 Å². The molecule has 0 unspecified atom stereocenters. The van der Waals surface area contributed by atoms with Crippen LogP contribution in [0.5, 0.6) is 0 Å². The molecule has 0 N–H and O–H groups in total. The Labute approximate surface area is 46.2 Å². The van der Waals surface area contributed by atoms with Crippen LogP contribution in [0.1, 0.15) is 27.7 Å². The van der Waals surface area contributed by atoms with E-state index in [1.54, 1.807) is 0 Å². The van der Waals surface area contributed by atoms with Crippen LogP contribution in [-0.4, -0.2) is 0 Å². The molecule has 0 heteroatoms. The highest BCUT2D eigenvalue weighted by Crippen LogP contribution is 2.21. The third-order valence-corrected chi connectivity index (χ3v) is 1.28. The van der Waals surface area contributed by atoms with Crippen LogP contribution < -0.4 is 0 Å². The summed E-state index contributed by atoms with van der Waals surface area (Å²) in [6.45, 7) is 12.4. The van der Waals surface area contributed by atoms with Gasteiger partial charge in [0.2, 0.25) is 0 Å². The first-order valence-electron chi connectivity index (χ1n) is 2.60. The van der Waals surface area contributed by atoms with Gasteiger partial charge < -0.3 is 0 Å². The standard InChI is InChI=1S/C7H14/c1-6(2)7(3,4)5/h1H2,2-5H3/i2+1. The summed E-state index contributed by atoms with van der Waals surface area (Å²) in [6, 6.07) is 0. The molecule has 0 aromatic rings. The molecule has 0 radical (unpaired) electrons. The highest BCUT2D eigenvalue weighted by Gasteiger charge is 2.08. The van der Waals surface area contributed by atoms with E-state index in [-0.39, 0.29) is 0 Å². The van der Waals surface area contributed by atoms with Crippen molar-refractivity contribution in [3.63, 3.8) is 0 Å². The first-order valence-corrected chi connectivity index (χ1v) is 2.60. The Morgan fingerprint density at radius 2 is 1.43 bits per heavy atom. The fourth-order valence-electron chi connectivity index (χ4n) is 0. The monoisotopic (exact) mass is 99.1 g/mol. The summed E-state index contributed by atoms with van der Waals surface area (Å²) in [5.41, 5.74) is 1.55. The van der Waals surface area contributed by atoms with Crippen LogP contribution in [-0.2, 0) is 0 Å². The summed E-state index contributed by atoms with van der Waals surface area (Å²) < 4.78 is 0. The van der Waals surface area contributed by atoms with Crippen LogP contribution in [0.2, 0.25) is 0 Å². The summed E-state index contributed by atoms with van der Waals surface area (Å²) >= 11 is 0. The van der Waals surface area contributed by atoms with E-state index in [2.05, 4.69) is 34.3 Å². The highest BCUT2D eigenvalue weighted by atomic mass is 14.2. The van der Waals surface area contributed by atoms with Crippen molar-refractivity contribution in [1.82, 2.24) is 0 Å². The molecule has 0 aliphatic rings. The summed E-state index contributed by atoms with van der Waals surface area (Å²) in [4.78, 5) is 0. The van der Waals surface area contributed by atoms with Gasteiger partial charge in [0.25, 0.3) is 0 Å². The molecule has 0 bridgehead atoms. The maximum Gasteiger partial charge on any atom is -0.0178 e. The average Bonchev–Trinajstić information content (AvgIpc) is 1.31. The summed E-state index contributed by atoms with van der Waals surface area (Å²) in [7, 11) is 0. The minimum absolute atomic E-state index is 0.306. The predicted molar refractivity (Wildman–Crippen MR) is 34.3 cm³/mol. The van der Waals surface area contributed by atoms with E-state index in [0.717, 1.165) is 0 Å². The zero-order chi connectivity index (χ0) is 6.08. The molecule has 0 rings (SSSR count). The van der Waals surface area contributed by atoms with Gasteiger partial charge in [-0.25, -0.2) is 0 Å². The van der Waals surface area contributed by atoms with Gasteiger partial charge in [-0.15, -0.1) is 0 Å². The first kappa shape index (κ1) is 6.74. The van der Waals surface area contributed by atoms with Crippen molar-refractivity contribution in [3.8, 4) is 0 Å². The molecule has 0 atom stereocenters. The van der Waals surface area contributed by atoms with E-state index in [4.69, 9.17) is 0 Å². The van der Waals surface area contributed by atoms with Crippen LogP contribution in [0, 0.1) is 5.41 Å². The molecule has 0 aromatic carbocycles. The summed E-state index contributed by atoms with van der Waals surface area (Å²) in [6.07, 6.45) is 0. The zero-order valence-electron chi connectivity index (χ0n) is 5.71. The Morgan fingerprint density at radius 3 is 1.43 bits per heavy atom. The largest absolute Gasteiger partial charge is 0.0996 e. The van der Waals surface area contributed by atoms with Gasteiger partial charge in [0.05, 0.1) is 0 Å². The van der Waals surface area contributed by atoms with Crippen molar-refractivity contribution in [2.24, 2.45) is 5.41 Å². The number of rotatable bonds is 0. The van der Waals surface area contributed by atoms with Gasteiger partial charge in [0.15, 0.2) is 0 Å². The van der Waals surface area contributed by atoms with Crippen LogP contribution in [0.15, 0.2) is 12.2 Å². The Morgan fingerprint density at radius 1 is 1.29 bits per heavy atom. The Balaban J connectivity index is 3.79. The third-order valence-electron chi connectivity index (χ3n) is 1.28. The van der Waals surface area contributed by atoms with E-state index in [1.807, 2.05) is 0 Å². The van der Waals surface area contributed by atoms with Crippen molar-refractivity contribution in [2.75, 3.05) is 0 Å². The molecule has 0 nitrogen and oxygen atoms in total. The molecule has 0 saturated heterocycles. The second-order valence-electron chi connectivity index (χ2n) is 3.03. The second-order valence-corrected chi connectivity index (χ2v) is 3.03. The minimum atomic E-state index is 0.306. The molecule has 0 heterocycles. The predicted octanol–water partition coefficient (Wildman–Crippen LogP) is 2.61. The Kier molecular flexibility index (Phi) is 1.63. The molecule has 0 aliphatic heterocycles. The number of hydrogen-bond donors (Lipinski definition) is 0. The van der Waals surface area contributed by atoms with E-state index >= 15 is 0 Å². The fraction of sp³-hybridized carbons (Fsp3) is 0.714. The molecule has 0 aliphatic carbocycles. The van der Waals surface area contributed by atoms with Crippen molar-refractivity contribution in [2.45, 2.75) is 27.7 Å². The normalized spacial score (nSPS) is 11.4. The lowest BCUT2D eigenvalue weighted by Gasteiger charge is -2.16. The molecule has 0 amide bonds. The molecular formula is C7H14. The maximum atomic E-state index is 3.83. The van der Waals surface area contributed by atoms with Crippen molar-refractivity contribution in [3.05, 3.63) is 12.2 Å². The Hall–Kier alpha value is -0.260. The van der Waals surface area contributed by atoms with Crippen LogP contribution in [0.3, 0.4) is 0 Å². The molecule has 42 valence electrons. The van der Waals surface area contributed by atoms with E-state index < -0.39 is 0 Å². The number of hydrogen-bond acceptors (Lipinski definition) is 0. The topological polar surface area (TPSA) is 0 Å². The SMILES string of the molecule is C=C([13CH3])C(C)(C)C. The first-order chi connectivity index (χ1) is 2.94. The smallest absolute Gasteiger partial charge is 0.0178 e. The van der Waals surface area contributed by atoms with Crippen LogP contribution in [0.4, 0.5) is 0 Å². The van der Waals surface area contributed by atoms with Gasteiger partial charge in [0.1, 0.15) is 0 Å². The van der Waals surface area contributed by atoms with Gasteiger partial charge in [-0.1, -0.05) is 32.9 Å². The van der Waals surface area contributed by atoms with Crippen molar-refractivity contribution < 1.29 is 0 Å². The summed E-state index contributed by atoms with van der Waals surface area (Å²) in [5, 5.41) is 0. The molecule has 0 fully saturated rings. The zero-order valence-corrected chi connectivity index (χ0v) is 5.71. The van der Waals surface area contributed by atoms with Crippen molar-refractivity contribution >= 4 is 0 Å². The minimum Gasteiger partial charge on any atom is -0.0996 e. The Bertz CT molecular complexity index is 72.5. The molecule has 0 saturated carbocycles. The fourth-order valence-corrected chi connectivity index (χ4v) is 0. The van der Waals surface area contributed by atoms with E-state index in [9.17, 15) is 0 Å². The number of allylic oxidation sites excluding steroid dienone is 1. The lowest BCUT2D eigenvalue weighted by atomic mass is 9.92. The van der Waals surface area contributed by atoms with Gasteiger partial charge in [0, 0.05) is 0 Å². The van der Waals surface area contributed by atoms with E-state index in [0.29, 0.717) is 5.41 Å². The van der Waals surface area contributed by atoms with Gasteiger partial charge in [-0.2, -0.15) is 0 Å². The van der Waals surface area contributed by atoms with Gasteiger partial charge >= 0.3 is 0 Å². The quantitative estimate of drug-likeness (QED) is 0.323. The lowest BCUT2D eigenvalue weighted by molar-refractivity contribution is 0.506. The van der Waals surface area contributed by atoms with Gasteiger partial charge in [-0.05, 0) is 12.3 Å². The lowest BCUT2D eigenvalue weighted by Crippen LogP contribution is -2.04. The maximum absolute atomic E-state index is 3.83. The average molecular weight is 99.2 g/mol. The third kappa shape index (κ3) is 2.44. The van der Waals surface area contributed by atoms with Gasteiger partial charge in [-0.3, -0.25) is 0 Å². The van der Waals surface area contributed by atoms with Crippen LogP contribution in [0.25, 0.3) is 0 Å². The second kappa shape index (κ2) is 1.69. The molecular weight excluding hydrogens is 85.1 g/mol.